The summed E-state index contributed by atoms with van der Waals surface area (Å²) in [6.07, 6.45) is 0.201. The monoisotopic (exact) mass is 574 g/mol. The van der Waals surface area contributed by atoms with Crippen LogP contribution in [-0.4, -0.2) is 39.6 Å². The Morgan fingerprint density at radius 1 is 0.690 bits per heavy atom. The molecule has 3 amide bonds. The Labute approximate surface area is 248 Å². The molecule has 1 heterocycles. The van der Waals surface area contributed by atoms with Gasteiger partial charge in [0.2, 0.25) is 0 Å². The van der Waals surface area contributed by atoms with E-state index in [0.29, 0.717) is 10.6 Å². The summed E-state index contributed by atoms with van der Waals surface area (Å²) in [7, 11) is 0. The lowest BCUT2D eigenvalue weighted by Crippen LogP contribution is -2.57. The molecule has 42 heavy (non-hydrogen) atoms. The molecule has 6 nitrogen and oxygen atoms in total. The minimum Gasteiger partial charge on any atom is -0.292 e. The Balaban J connectivity index is 1.38. The van der Waals surface area contributed by atoms with Gasteiger partial charge >= 0.3 is 0 Å². The van der Waals surface area contributed by atoms with E-state index in [1.54, 1.807) is 61.5 Å². The second kappa shape index (κ2) is 10.1. The molecule has 4 aromatic carbocycles. The Kier molecular flexibility index (Phi) is 6.32. The van der Waals surface area contributed by atoms with Gasteiger partial charge in [0.15, 0.2) is 5.78 Å². The van der Waals surface area contributed by atoms with Gasteiger partial charge in [-0.1, -0.05) is 97.4 Å². The largest absolute Gasteiger partial charge is 0.292 e. The van der Waals surface area contributed by atoms with Gasteiger partial charge in [0.25, 0.3) is 17.7 Å². The van der Waals surface area contributed by atoms with E-state index in [1.165, 1.54) is 0 Å². The molecule has 1 aliphatic heterocycles. The minimum absolute atomic E-state index is 0.201. The number of amides is 3. The van der Waals surface area contributed by atoms with Crippen LogP contribution in [0.3, 0.4) is 0 Å². The highest BCUT2D eigenvalue weighted by Crippen LogP contribution is 2.61. The van der Waals surface area contributed by atoms with Crippen molar-refractivity contribution in [3.63, 3.8) is 0 Å². The van der Waals surface area contributed by atoms with Crippen LogP contribution in [0.1, 0.15) is 68.2 Å². The molecule has 3 aliphatic carbocycles. The van der Waals surface area contributed by atoms with Crippen LogP contribution in [0.25, 0.3) is 0 Å². The van der Waals surface area contributed by atoms with Gasteiger partial charge in [-0.15, -0.1) is 0 Å². The number of nitrogens with zero attached hydrogens (tertiary/aromatic N) is 2. The van der Waals surface area contributed by atoms with Crippen molar-refractivity contribution >= 4 is 35.1 Å². The fourth-order valence-electron chi connectivity index (χ4n) is 7.23. The van der Waals surface area contributed by atoms with Gasteiger partial charge in [0.05, 0.1) is 11.8 Å². The molecule has 0 unspecified atom stereocenters. The van der Waals surface area contributed by atoms with Crippen molar-refractivity contribution in [1.82, 2.24) is 10.0 Å². The van der Waals surface area contributed by atoms with Gasteiger partial charge in [-0.3, -0.25) is 19.2 Å². The van der Waals surface area contributed by atoms with Crippen LogP contribution in [0, 0.1) is 11.8 Å². The number of ketones is 1. The summed E-state index contributed by atoms with van der Waals surface area (Å²) in [6, 6.07) is 29.8. The number of halogens is 1. The predicted octanol–water partition coefficient (Wildman–Crippen LogP) is 6.25. The number of hydrogen-bond acceptors (Lipinski definition) is 4. The fraction of sp³-hybridized carbons (Fsp3) is 0.200. The summed E-state index contributed by atoms with van der Waals surface area (Å²) in [4.78, 5) is 57.3. The number of carbonyl (C=O) groups is 4. The highest BCUT2D eigenvalue weighted by Gasteiger charge is 2.63. The van der Waals surface area contributed by atoms with Crippen molar-refractivity contribution < 1.29 is 19.2 Å². The minimum atomic E-state index is -1.08. The molecule has 0 radical (unpaired) electrons. The normalized spacial score (nSPS) is 22.3. The second-order valence-electron chi connectivity index (χ2n) is 11.1. The van der Waals surface area contributed by atoms with Gasteiger partial charge in [-0.25, -0.2) is 5.01 Å². The van der Waals surface area contributed by atoms with Crippen molar-refractivity contribution in [2.75, 3.05) is 0 Å². The molecule has 4 aromatic rings. The number of Topliss-reactive ketones (excluding diaryl/α,β-unsaturated/α-hetero) is 1. The first-order chi connectivity index (χ1) is 20.4. The third kappa shape index (κ3) is 3.78. The summed E-state index contributed by atoms with van der Waals surface area (Å²) in [5, 5.41) is 2.56. The fourth-order valence-corrected chi connectivity index (χ4v) is 7.36. The average molecular weight is 575 g/mol. The van der Waals surface area contributed by atoms with E-state index in [2.05, 4.69) is 0 Å². The number of rotatable bonds is 6. The number of hydrogen-bond donors (Lipinski definition) is 0. The lowest BCUT2D eigenvalue weighted by molar-refractivity contribution is -0.156. The quantitative estimate of drug-likeness (QED) is 0.201. The molecule has 2 bridgehead atoms. The molecule has 0 saturated carbocycles. The summed E-state index contributed by atoms with van der Waals surface area (Å²) < 4.78 is 0. The summed E-state index contributed by atoms with van der Waals surface area (Å²) in [6.45, 7) is 1.78. The lowest BCUT2D eigenvalue weighted by Gasteiger charge is -2.45. The second-order valence-corrected chi connectivity index (χ2v) is 11.5. The van der Waals surface area contributed by atoms with Gasteiger partial charge < -0.3 is 0 Å². The van der Waals surface area contributed by atoms with E-state index in [9.17, 15) is 19.2 Å². The topological polar surface area (TPSA) is 74.8 Å². The molecule has 8 rings (SSSR count). The molecule has 1 fully saturated rings. The summed E-state index contributed by atoms with van der Waals surface area (Å²) in [5.41, 5.74) is 4.77. The lowest BCUT2D eigenvalue weighted by atomic mass is 9.55. The van der Waals surface area contributed by atoms with Gasteiger partial charge in [0.1, 0.15) is 6.04 Å². The third-order valence-electron chi connectivity index (χ3n) is 8.98. The molecule has 3 atom stereocenters. The Morgan fingerprint density at radius 2 is 1.14 bits per heavy atom. The molecular formula is C35H27ClN2O4. The van der Waals surface area contributed by atoms with E-state index < -0.39 is 35.6 Å². The number of carbonyl (C=O) groups excluding carboxylic acids is 4. The van der Waals surface area contributed by atoms with Crippen molar-refractivity contribution in [2.45, 2.75) is 31.2 Å². The molecule has 0 aromatic heterocycles. The number of imide groups is 1. The zero-order chi connectivity index (χ0) is 29.1. The molecule has 0 spiro atoms. The maximum absolute atomic E-state index is 14.5. The average Bonchev–Trinajstić information content (AvgIpc) is 3.29. The van der Waals surface area contributed by atoms with Crippen molar-refractivity contribution in [2.24, 2.45) is 11.8 Å². The predicted molar refractivity (Wildman–Crippen MR) is 158 cm³/mol. The van der Waals surface area contributed by atoms with Crippen LogP contribution < -0.4 is 0 Å². The van der Waals surface area contributed by atoms with E-state index in [4.69, 9.17) is 11.6 Å². The van der Waals surface area contributed by atoms with Crippen LogP contribution >= 0.6 is 11.6 Å². The maximum atomic E-state index is 14.5. The smallest absolute Gasteiger partial charge is 0.273 e. The van der Waals surface area contributed by atoms with Crippen molar-refractivity contribution in [3.05, 3.63) is 142 Å². The summed E-state index contributed by atoms with van der Waals surface area (Å²) >= 11 is 6.10. The molecule has 208 valence electrons. The third-order valence-corrected chi connectivity index (χ3v) is 9.23. The Hall–Kier alpha value is -4.55. The van der Waals surface area contributed by atoms with Crippen LogP contribution in [0.4, 0.5) is 0 Å². The number of hydrazine groups is 1. The Bertz CT molecular complexity index is 1640. The molecule has 0 N–H and O–H groups in total. The van der Waals surface area contributed by atoms with E-state index in [-0.39, 0.29) is 29.6 Å². The highest BCUT2D eigenvalue weighted by atomic mass is 35.5. The first kappa shape index (κ1) is 26.4. The van der Waals surface area contributed by atoms with Crippen molar-refractivity contribution in [3.8, 4) is 0 Å². The van der Waals surface area contributed by atoms with Crippen LogP contribution in [0.2, 0.25) is 5.02 Å². The first-order valence-corrected chi connectivity index (χ1v) is 14.5. The van der Waals surface area contributed by atoms with E-state index >= 15 is 0 Å². The zero-order valence-corrected chi connectivity index (χ0v) is 23.6. The van der Waals surface area contributed by atoms with E-state index in [0.717, 1.165) is 32.3 Å². The molecule has 1 saturated heterocycles. The molecular weight excluding hydrogens is 548 g/mol. The zero-order valence-electron chi connectivity index (χ0n) is 22.8. The van der Waals surface area contributed by atoms with Gasteiger partial charge in [-0.05, 0) is 52.9 Å². The van der Waals surface area contributed by atoms with E-state index in [1.807, 2.05) is 48.5 Å². The number of benzene rings is 4. The standard InChI is InChI=1S/C35H27ClN2O4/c1-2-27(32(39)20-10-4-3-5-11-20)37(33(40)21-16-18-22(36)19-17-21)38-34(41)30-28-23-12-6-7-13-24(23)29(31(30)35(38)42)26-15-9-8-14-25(26)28/h3-19,27-31H,2H2,1H3/t27-,28?,29?,30-,31+/m1/s1. The maximum Gasteiger partial charge on any atom is 0.273 e. The first-order valence-electron chi connectivity index (χ1n) is 14.2. The highest BCUT2D eigenvalue weighted by molar-refractivity contribution is 6.30. The van der Waals surface area contributed by atoms with Gasteiger partial charge in [-0.2, -0.15) is 5.01 Å². The molecule has 7 heteroatoms. The van der Waals surface area contributed by atoms with Crippen molar-refractivity contribution in [1.29, 1.82) is 0 Å². The Morgan fingerprint density at radius 3 is 1.60 bits per heavy atom. The summed E-state index contributed by atoms with van der Waals surface area (Å²) in [5.74, 6) is -3.88. The SMILES string of the molecule is CC[C@H](C(=O)c1ccccc1)N(C(=O)c1ccc(Cl)cc1)N1C(=O)[C@@H]2C3c4ccccc4C(c4ccccc43)[C@@H]2C1=O. The molecule has 4 aliphatic rings. The van der Waals surface area contributed by atoms with Crippen LogP contribution in [-0.2, 0) is 9.59 Å². The van der Waals surface area contributed by atoms with Crippen LogP contribution in [0.5, 0.6) is 0 Å². The van der Waals surface area contributed by atoms with Gasteiger partial charge in [0, 0.05) is 28.0 Å². The van der Waals surface area contributed by atoms with Crippen LogP contribution in [0.15, 0.2) is 103 Å².